The predicted molar refractivity (Wildman–Crippen MR) is 96.1 cm³/mol. The molecule has 1 aliphatic rings. The van der Waals surface area contributed by atoms with Crippen molar-refractivity contribution in [3.05, 3.63) is 47.7 Å². The number of aliphatic imine (C=N–C) groups is 1. The van der Waals surface area contributed by atoms with Crippen LogP contribution in [0.4, 0.5) is 11.4 Å². The molecule has 0 amide bonds. The van der Waals surface area contributed by atoms with E-state index in [0.717, 1.165) is 27.5 Å². The molecule has 0 heterocycles. The Morgan fingerprint density at radius 2 is 1.71 bits per heavy atom. The van der Waals surface area contributed by atoms with Crippen molar-refractivity contribution < 1.29 is 0 Å². The monoisotopic (exact) mass is 299 g/mol. The second kappa shape index (κ2) is 6.22. The van der Waals surface area contributed by atoms with E-state index in [1.54, 1.807) is 0 Å². The Balaban J connectivity index is 2.30. The van der Waals surface area contributed by atoms with Gasteiger partial charge in [-0.15, -0.1) is 0 Å². The molecule has 2 rings (SSSR count). The third-order valence-corrected chi connectivity index (χ3v) is 3.72. The van der Waals surface area contributed by atoms with Gasteiger partial charge in [0, 0.05) is 39.6 Å². The van der Waals surface area contributed by atoms with Crippen molar-refractivity contribution in [1.82, 2.24) is 4.90 Å². The normalized spacial score (nSPS) is 16.1. The molecule has 0 atom stereocenters. The van der Waals surface area contributed by atoms with Crippen LogP contribution in [0.2, 0.25) is 0 Å². The first kappa shape index (κ1) is 15.4. The Kier molecular flexibility index (Phi) is 4.58. The minimum Gasteiger partial charge on any atom is -0.378 e. The van der Waals surface area contributed by atoms with Gasteiger partial charge in [0.1, 0.15) is 0 Å². The number of benzene rings is 1. The van der Waals surface area contributed by atoms with Crippen molar-refractivity contribution in [1.29, 1.82) is 0 Å². The van der Waals surface area contributed by atoms with E-state index in [1.165, 1.54) is 5.69 Å². The Morgan fingerprint density at radius 1 is 1.00 bits per heavy atom. The first-order valence-electron chi connectivity index (χ1n) is 6.86. The number of hydrogen-bond acceptors (Lipinski definition) is 4. The van der Waals surface area contributed by atoms with E-state index in [9.17, 15) is 0 Å². The average molecular weight is 299 g/mol. The summed E-state index contributed by atoms with van der Waals surface area (Å²) < 4.78 is 0. The molecule has 4 heteroatoms. The number of rotatable bonds is 3. The summed E-state index contributed by atoms with van der Waals surface area (Å²) in [6.07, 6.45) is 6.01. The largest absolute Gasteiger partial charge is 0.378 e. The van der Waals surface area contributed by atoms with Crippen molar-refractivity contribution in [2.24, 2.45) is 4.99 Å². The molecule has 0 aromatic heterocycles. The molecule has 0 N–H and O–H groups in total. The van der Waals surface area contributed by atoms with Crippen LogP contribution in [0.15, 0.2) is 47.1 Å². The van der Waals surface area contributed by atoms with Crippen LogP contribution in [0.1, 0.15) is 5.56 Å². The van der Waals surface area contributed by atoms with Gasteiger partial charge < -0.3 is 9.80 Å². The van der Waals surface area contributed by atoms with E-state index in [2.05, 4.69) is 24.0 Å². The summed E-state index contributed by atoms with van der Waals surface area (Å²) in [5.74, 6) is 0. The quantitative estimate of drug-likeness (QED) is 0.796. The molecule has 1 aromatic rings. The van der Waals surface area contributed by atoms with Gasteiger partial charge in [-0.25, -0.2) is 4.99 Å². The van der Waals surface area contributed by atoms with Gasteiger partial charge in [0.25, 0.3) is 0 Å². The number of nitrogens with zero attached hydrogens (tertiary/aromatic N) is 3. The van der Waals surface area contributed by atoms with Gasteiger partial charge in [-0.3, -0.25) is 0 Å². The van der Waals surface area contributed by atoms with E-state index >= 15 is 0 Å². The zero-order chi connectivity index (χ0) is 15.6. The maximum absolute atomic E-state index is 5.44. The minimum absolute atomic E-state index is 0.775. The van der Waals surface area contributed by atoms with E-state index < -0.39 is 0 Å². The van der Waals surface area contributed by atoms with Crippen molar-refractivity contribution in [3.8, 4) is 0 Å². The second-order valence-electron chi connectivity index (χ2n) is 5.52. The fourth-order valence-corrected chi connectivity index (χ4v) is 2.28. The van der Waals surface area contributed by atoms with Crippen LogP contribution in [0, 0.1) is 6.92 Å². The summed E-state index contributed by atoms with van der Waals surface area (Å²) in [5.41, 5.74) is 5.22. The molecule has 0 saturated heterocycles. The fraction of sp³-hybridized carbons (Fsp3) is 0.294. The second-order valence-corrected chi connectivity index (χ2v) is 5.96. The lowest BCUT2D eigenvalue weighted by Crippen LogP contribution is -2.17. The number of aryl methyl sites for hydroxylation is 1. The summed E-state index contributed by atoms with van der Waals surface area (Å²) in [6, 6.07) is 6.25. The molecule has 1 aromatic carbocycles. The van der Waals surface area contributed by atoms with Gasteiger partial charge in [0.15, 0.2) is 0 Å². The van der Waals surface area contributed by atoms with Crippen LogP contribution < -0.4 is 4.90 Å². The van der Waals surface area contributed by atoms with Crippen LogP contribution >= 0.6 is 12.2 Å². The molecule has 21 heavy (non-hydrogen) atoms. The summed E-state index contributed by atoms with van der Waals surface area (Å²) in [5, 5.41) is 0. The van der Waals surface area contributed by atoms with Gasteiger partial charge in [-0.05, 0) is 48.9 Å². The lowest BCUT2D eigenvalue weighted by atomic mass is 10.1. The van der Waals surface area contributed by atoms with Gasteiger partial charge >= 0.3 is 0 Å². The van der Waals surface area contributed by atoms with E-state index in [1.807, 2.05) is 57.4 Å². The third-order valence-electron chi connectivity index (χ3n) is 3.40. The number of likely N-dealkylation sites (N-methyl/N-ethyl adjacent to an activating group) is 1. The molecule has 0 bridgehead atoms. The third kappa shape index (κ3) is 3.58. The molecule has 0 unspecified atom stereocenters. The highest BCUT2D eigenvalue weighted by atomic mass is 32.1. The summed E-state index contributed by atoms with van der Waals surface area (Å²) >= 11 is 5.44. The van der Waals surface area contributed by atoms with Gasteiger partial charge in [0.05, 0.1) is 16.3 Å². The highest BCUT2D eigenvalue weighted by molar-refractivity contribution is 7.82. The zero-order valence-electron chi connectivity index (χ0n) is 13.2. The first-order chi connectivity index (χ1) is 9.88. The Labute approximate surface area is 132 Å². The summed E-state index contributed by atoms with van der Waals surface area (Å²) in [6.45, 7) is 2.07. The topological polar surface area (TPSA) is 18.8 Å². The maximum atomic E-state index is 5.44. The highest BCUT2D eigenvalue weighted by Crippen LogP contribution is 2.25. The zero-order valence-corrected chi connectivity index (χ0v) is 14.0. The molecule has 0 saturated carbocycles. The van der Waals surface area contributed by atoms with Crippen LogP contribution in [0.5, 0.6) is 0 Å². The SMILES string of the molecule is Cc1cc(N(C)C)ccc1/N=C1/C=CC(N(C)C)=CC1=S. The standard InChI is InChI=1S/C17H21N3S/c1-12-10-13(19(2)3)6-8-15(12)18-16-9-7-14(20(4)5)11-17(16)21/h6-11H,1-5H3/b18-16-. The maximum Gasteiger partial charge on any atom is 0.0819 e. The first-order valence-corrected chi connectivity index (χ1v) is 7.27. The highest BCUT2D eigenvalue weighted by Gasteiger charge is 2.10. The van der Waals surface area contributed by atoms with Crippen LogP contribution in [0.3, 0.4) is 0 Å². The lowest BCUT2D eigenvalue weighted by Gasteiger charge is -2.17. The van der Waals surface area contributed by atoms with Crippen molar-refractivity contribution in [3.63, 3.8) is 0 Å². The summed E-state index contributed by atoms with van der Waals surface area (Å²) in [7, 11) is 8.08. The molecule has 110 valence electrons. The number of thiocarbonyl (C=S) groups is 1. The van der Waals surface area contributed by atoms with Gasteiger partial charge in [-0.2, -0.15) is 0 Å². The molecule has 0 fully saturated rings. The number of anilines is 1. The minimum atomic E-state index is 0.775. The van der Waals surface area contributed by atoms with Crippen molar-refractivity contribution in [2.75, 3.05) is 33.1 Å². The molecule has 0 aliphatic heterocycles. The van der Waals surface area contributed by atoms with Crippen LogP contribution in [-0.4, -0.2) is 43.7 Å². The summed E-state index contributed by atoms with van der Waals surface area (Å²) in [4.78, 5) is 9.60. The Hall–Kier alpha value is -1.94. The molecular weight excluding hydrogens is 278 g/mol. The molecular formula is C17H21N3S. The average Bonchev–Trinajstić information content (AvgIpc) is 2.42. The Bertz CT molecular complexity index is 652. The van der Waals surface area contributed by atoms with Crippen LogP contribution in [0.25, 0.3) is 0 Å². The number of allylic oxidation sites excluding steroid dienone is 3. The Morgan fingerprint density at radius 3 is 2.24 bits per heavy atom. The van der Waals surface area contributed by atoms with E-state index in [0.29, 0.717) is 0 Å². The van der Waals surface area contributed by atoms with E-state index in [-0.39, 0.29) is 0 Å². The molecule has 3 nitrogen and oxygen atoms in total. The van der Waals surface area contributed by atoms with E-state index in [4.69, 9.17) is 17.2 Å². The molecule has 1 aliphatic carbocycles. The molecule has 0 spiro atoms. The molecule has 0 radical (unpaired) electrons. The fourth-order valence-electron chi connectivity index (χ4n) is 2.05. The van der Waals surface area contributed by atoms with Gasteiger partial charge in [-0.1, -0.05) is 12.2 Å². The number of hydrogen-bond donors (Lipinski definition) is 0. The van der Waals surface area contributed by atoms with Crippen molar-refractivity contribution >= 4 is 34.2 Å². The van der Waals surface area contributed by atoms with Gasteiger partial charge in [0.2, 0.25) is 0 Å². The van der Waals surface area contributed by atoms with Crippen molar-refractivity contribution in [2.45, 2.75) is 6.92 Å². The smallest absolute Gasteiger partial charge is 0.0819 e. The lowest BCUT2D eigenvalue weighted by molar-refractivity contribution is 0.531. The van der Waals surface area contributed by atoms with Crippen LogP contribution in [-0.2, 0) is 0 Å². The predicted octanol–water partition coefficient (Wildman–Crippen LogP) is 3.52.